The Hall–Kier alpha value is 0.540. The molecule has 1 fully saturated rings. The van der Waals surface area contributed by atoms with Crippen molar-refractivity contribution in [2.24, 2.45) is 5.84 Å². The van der Waals surface area contributed by atoms with E-state index in [1.54, 1.807) is 11.8 Å². The number of aliphatic hydroxyl groups is 1. The van der Waals surface area contributed by atoms with E-state index in [0.717, 1.165) is 12.4 Å². The van der Waals surface area contributed by atoms with Crippen LogP contribution in [0.15, 0.2) is 0 Å². The lowest BCUT2D eigenvalue weighted by Crippen LogP contribution is -2.33. The van der Waals surface area contributed by atoms with E-state index in [2.05, 4.69) is 11.7 Å². The highest BCUT2D eigenvalue weighted by Crippen LogP contribution is 2.12. The highest BCUT2D eigenvalue weighted by Gasteiger charge is 2.20. The molecule has 0 radical (unpaired) electrons. The predicted octanol–water partition coefficient (Wildman–Crippen LogP) is -0.0782. The number of hydrogen-bond acceptors (Lipinski definition) is 6. The van der Waals surface area contributed by atoms with Crippen LogP contribution in [0.2, 0.25) is 0 Å². The molecule has 4 nitrogen and oxygen atoms in total. The van der Waals surface area contributed by atoms with Crippen LogP contribution in [0.3, 0.4) is 0 Å². The van der Waals surface area contributed by atoms with E-state index >= 15 is 0 Å². The molecule has 2 unspecified atom stereocenters. The van der Waals surface area contributed by atoms with Crippen LogP contribution in [0.25, 0.3) is 0 Å². The molecule has 0 spiro atoms. The van der Waals surface area contributed by atoms with E-state index in [1.807, 2.05) is 18.0 Å². The second-order valence-corrected chi connectivity index (χ2v) is 4.75. The van der Waals surface area contributed by atoms with Crippen LogP contribution in [-0.2, 0) is 4.74 Å². The second-order valence-electron chi connectivity index (χ2n) is 2.93. The molecule has 6 heteroatoms. The van der Waals surface area contributed by atoms with Crippen molar-refractivity contribution in [1.29, 1.82) is 0 Å². The van der Waals surface area contributed by atoms with Crippen LogP contribution in [0, 0.1) is 0 Å². The Morgan fingerprint density at radius 1 is 1.57 bits per heavy atom. The molecular formula is C8H20N2O2S2. The fraction of sp³-hybridized carbons (Fsp3) is 1.00. The summed E-state index contributed by atoms with van der Waals surface area (Å²) >= 11 is 3.45. The van der Waals surface area contributed by atoms with Gasteiger partial charge in [-0.05, 0) is 12.5 Å². The van der Waals surface area contributed by atoms with Gasteiger partial charge in [0.25, 0.3) is 0 Å². The summed E-state index contributed by atoms with van der Waals surface area (Å²) in [4.78, 5) is 0. The average molecular weight is 240 g/mol. The quantitative estimate of drug-likeness (QED) is 0.343. The molecular weight excluding hydrogens is 220 g/mol. The third-order valence-electron chi connectivity index (χ3n) is 1.47. The number of hydrogen-bond donors (Lipinski definition) is 3. The Bertz CT molecular complexity index is 120. The van der Waals surface area contributed by atoms with Gasteiger partial charge in [-0.25, -0.2) is 0 Å². The summed E-state index contributed by atoms with van der Waals surface area (Å²) in [6.45, 7) is 1.47. The molecule has 0 bridgehead atoms. The zero-order valence-corrected chi connectivity index (χ0v) is 10.4. The van der Waals surface area contributed by atoms with Gasteiger partial charge in [0, 0.05) is 18.1 Å². The minimum atomic E-state index is -0.310. The van der Waals surface area contributed by atoms with E-state index in [9.17, 15) is 0 Å². The van der Waals surface area contributed by atoms with Crippen molar-refractivity contribution >= 4 is 23.5 Å². The van der Waals surface area contributed by atoms with Crippen LogP contribution in [0.4, 0.5) is 0 Å². The van der Waals surface area contributed by atoms with Crippen LogP contribution in [0.1, 0.15) is 0 Å². The molecule has 4 N–H and O–H groups in total. The lowest BCUT2D eigenvalue weighted by molar-refractivity contribution is 0.196. The van der Waals surface area contributed by atoms with E-state index in [4.69, 9.17) is 15.7 Å². The first-order chi connectivity index (χ1) is 6.74. The number of nitrogens with two attached hydrogens (primary N) is 1. The van der Waals surface area contributed by atoms with Gasteiger partial charge in [-0.15, -0.1) is 0 Å². The Morgan fingerprint density at radius 2 is 2.21 bits per heavy atom. The van der Waals surface area contributed by atoms with E-state index < -0.39 is 0 Å². The normalized spacial score (nSPS) is 21.0. The molecule has 1 saturated heterocycles. The van der Waals surface area contributed by atoms with Crippen molar-refractivity contribution in [2.75, 3.05) is 37.2 Å². The summed E-state index contributed by atoms with van der Waals surface area (Å²) in [5, 5.41) is 8.89. The van der Waals surface area contributed by atoms with Gasteiger partial charge in [0.2, 0.25) is 0 Å². The Morgan fingerprint density at radius 3 is 2.50 bits per heavy atom. The predicted molar refractivity (Wildman–Crippen MR) is 64.7 cm³/mol. The molecule has 1 heterocycles. The summed E-state index contributed by atoms with van der Waals surface area (Å²) in [6, 6.07) is 0. The Balaban J connectivity index is 0.000000249. The zero-order chi connectivity index (χ0) is 10.8. The molecule has 1 aliphatic rings. The first-order valence-electron chi connectivity index (χ1n) is 4.45. The standard InChI is InChI=1S/C4H12N2OS.C4H8OS/c1-8-3-4(7)2-6-5;1-6-3-4-2-5-4/h4,6-7H,2-3,5H2,1H3;4H,2-3H2,1H3. The van der Waals surface area contributed by atoms with Crippen LogP contribution in [0.5, 0.6) is 0 Å². The highest BCUT2D eigenvalue weighted by molar-refractivity contribution is 7.98. The number of hydrazine groups is 1. The third kappa shape index (κ3) is 10.6. The van der Waals surface area contributed by atoms with Crippen LogP contribution in [-0.4, -0.2) is 54.5 Å². The molecule has 2 atom stereocenters. The Kier molecular flexibility index (Phi) is 10.5. The molecule has 86 valence electrons. The molecule has 0 amide bonds. The van der Waals surface area contributed by atoms with Crippen molar-refractivity contribution in [1.82, 2.24) is 5.43 Å². The Labute approximate surface area is 94.3 Å². The summed E-state index contributed by atoms with van der Waals surface area (Å²) < 4.78 is 4.93. The maximum atomic E-state index is 8.89. The number of rotatable bonds is 6. The molecule has 0 aliphatic carbocycles. The van der Waals surface area contributed by atoms with Crippen molar-refractivity contribution in [3.63, 3.8) is 0 Å². The van der Waals surface area contributed by atoms with Crippen molar-refractivity contribution in [3.8, 4) is 0 Å². The first kappa shape index (κ1) is 14.5. The van der Waals surface area contributed by atoms with Gasteiger partial charge in [0.1, 0.15) is 0 Å². The monoisotopic (exact) mass is 240 g/mol. The molecule has 0 saturated carbocycles. The van der Waals surface area contributed by atoms with E-state index in [-0.39, 0.29) is 6.10 Å². The van der Waals surface area contributed by atoms with E-state index in [1.165, 1.54) is 5.75 Å². The van der Waals surface area contributed by atoms with Gasteiger partial charge in [-0.2, -0.15) is 23.5 Å². The number of ether oxygens (including phenoxy) is 1. The topological polar surface area (TPSA) is 70.8 Å². The van der Waals surface area contributed by atoms with Gasteiger partial charge in [0.15, 0.2) is 0 Å². The molecule has 0 aromatic heterocycles. The average Bonchev–Trinajstić information content (AvgIpc) is 2.91. The van der Waals surface area contributed by atoms with Crippen LogP contribution < -0.4 is 11.3 Å². The van der Waals surface area contributed by atoms with Gasteiger partial charge < -0.3 is 9.84 Å². The number of thioether (sulfide) groups is 2. The van der Waals surface area contributed by atoms with Gasteiger partial charge in [-0.3, -0.25) is 11.3 Å². The van der Waals surface area contributed by atoms with Crippen molar-refractivity contribution in [3.05, 3.63) is 0 Å². The van der Waals surface area contributed by atoms with E-state index in [0.29, 0.717) is 12.6 Å². The number of aliphatic hydroxyl groups excluding tert-OH is 1. The number of epoxide rings is 1. The number of nitrogens with one attached hydrogen (secondary N) is 1. The highest BCUT2D eigenvalue weighted by atomic mass is 32.2. The van der Waals surface area contributed by atoms with Crippen LogP contribution >= 0.6 is 23.5 Å². The van der Waals surface area contributed by atoms with Crippen molar-refractivity contribution in [2.45, 2.75) is 12.2 Å². The lowest BCUT2D eigenvalue weighted by atomic mass is 10.4. The smallest absolute Gasteiger partial charge is 0.0899 e. The first-order valence-corrected chi connectivity index (χ1v) is 7.24. The third-order valence-corrected chi connectivity index (χ3v) is 2.89. The molecule has 0 aromatic carbocycles. The minimum Gasteiger partial charge on any atom is -0.391 e. The summed E-state index contributed by atoms with van der Waals surface area (Å²) in [7, 11) is 0. The summed E-state index contributed by atoms with van der Waals surface area (Å²) in [6.07, 6.45) is 4.34. The summed E-state index contributed by atoms with van der Waals surface area (Å²) in [5.74, 6) is 6.86. The van der Waals surface area contributed by atoms with Gasteiger partial charge in [0.05, 0.1) is 18.8 Å². The maximum absolute atomic E-state index is 8.89. The minimum absolute atomic E-state index is 0.310. The molecule has 0 aromatic rings. The largest absolute Gasteiger partial charge is 0.391 e. The summed E-state index contributed by atoms with van der Waals surface area (Å²) in [5.41, 5.74) is 2.39. The zero-order valence-electron chi connectivity index (χ0n) is 8.73. The molecule has 1 aliphatic heterocycles. The SMILES string of the molecule is CSCC(O)CNN.CSCC1CO1. The second kappa shape index (κ2) is 10.1. The van der Waals surface area contributed by atoms with Crippen molar-refractivity contribution < 1.29 is 9.84 Å². The van der Waals surface area contributed by atoms with Gasteiger partial charge >= 0.3 is 0 Å². The lowest BCUT2D eigenvalue weighted by Gasteiger charge is -2.05. The fourth-order valence-corrected chi connectivity index (χ4v) is 1.80. The molecule has 14 heavy (non-hydrogen) atoms. The van der Waals surface area contributed by atoms with Gasteiger partial charge in [-0.1, -0.05) is 0 Å². The maximum Gasteiger partial charge on any atom is 0.0899 e. The molecule has 1 rings (SSSR count). The fourth-order valence-electron chi connectivity index (χ4n) is 0.738.